The van der Waals surface area contributed by atoms with Crippen molar-refractivity contribution in [2.24, 2.45) is 0 Å². The second-order valence-electron chi connectivity index (χ2n) is 7.11. The van der Waals surface area contributed by atoms with Gasteiger partial charge in [-0.05, 0) is 35.6 Å². The fourth-order valence-corrected chi connectivity index (χ4v) is 4.59. The number of rotatable bonds is 5. The average molecular weight is 416 g/mol. The highest BCUT2D eigenvalue weighted by atomic mass is 35.5. The molecule has 2 aromatic rings. The van der Waals surface area contributed by atoms with Crippen LogP contribution in [0.5, 0.6) is 5.75 Å². The summed E-state index contributed by atoms with van der Waals surface area (Å²) < 4.78 is 33.1. The molecule has 0 saturated heterocycles. The first-order valence-electron chi connectivity index (χ1n) is 8.12. The summed E-state index contributed by atoms with van der Waals surface area (Å²) in [5.74, 6) is 0.321. The van der Waals surface area contributed by atoms with E-state index in [1.165, 1.54) is 24.8 Å². The average Bonchev–Trinajstić information content (AvgIpc) is 2.56. The van der Waals surface area contributed by atoms with Crippen LogP contribution in [0, 0.1) is 0 Å². The van der Waals surface area contributed by atoms with Gasteiger partial charge in [-0.15, -0.1) is 0 Å². The SMILES string of the molecule is COc1ccc(S(=O)(=O)NC(C)c2ccc(C(C)(C)C)cc2)c(Cl)c1Cl. The standard InChI is InChI=1S/C19H23Cl2NO3S/c1-12(13-6-8-14(9-7-13)19(2,3)4)22-26(23,24)16-11-10-15(25-5)17(20)18(16)21/h6-12,22H,1-5H3. The Hall–Kier alpha value is -1.27. The van der Waals surface area contributed by atoms with Crippen LogP contribution in [0.4, 0.5) is 0 Å². The van der Waals surface area contributed by atoms with Gasteiger partial charge in [0.25, 0.3) is 0 Å². The third-order valence-electron chi connectivity index (χ3n) is 4.13. The van der Waals surface area contributed by atoms with Crippen molar-refractivity contribution >= 4 is 33.2 Å². The van der Waals surface area contributed by atoms with Gasteiger partial charge in [0.1, 0.15) is 15.7 Å². The highest BCUT2D eigenvalue weighted by Crippen LogP contribution is 2.37. The minimum absolute atomic E-state index is 0.0364. The molecule has 0 aliphatic carbocycles. The van der Waals surface area contributed by atoms with Gasteiger partial charge in [-0.2, -0.15) is 0 Å². The zero-order valence-electron chi connectivity index (χ0n) is 15.4. The Morgan fingerprint density at radius 3 is 2.08 bits per heavy atom. The van der Waals surface area contributed by atoms with Crippen molar-refractivity contribution in [1.82, 2.24) is 4.72 Å². The number of benzene rings is 2. The molecule has 1 N–H and O–H groups in total. The van der Waals surface area contributed by atoms with Crippen LogP contribution in [-0.4, -0.2) is 15.5 Å². The maximum absolute atomic E-state index is 12.7. The number of methoxy groups -OCH3 is 1. The first-order valence-corrected chi connectivity index (χ1v) is 10.4. The first-order chi connectivity index (χ1) is 12.0. The number of ether oxygens (including phenoxy) is 1. The Kier molecular flexibility index (Phi) is 6.28. The molecule has 0 amide bonds. The summed E-state index contributed by atoms with van der Waals surface area (Å²) in [4.78, 5) is -0.0804. The number of hydrogen-bond donors (Lipinski definition) is 1. The van der Waals surface area contributed by atoms with Crippen molar-refractivity contribution in [2.45, 2.75) is 44.0 Å². The van der Waals surface area contributed by atoms with Gasteiger partial charge >= 0.3 is 0 Å². The van der Waals surface area contributed by atoms with Crippen LogP contribution in [0.3, 0.4) is 0 Å². The van der Waals surface area contributed by atoms with E-state index in [9.17, 15) is 8.42 Å². The van der Waals surface area contributed by atoms with E-state index in [0.717, 1.165) is 5.56 Å². The molecule has 1 atom stereocenters. The Labute approximate surface area is 165 Å². The molecule has 2 aromatic carbocycles. The lowest BCUT2D eigenvalue weighted by Gasteiger charge is -2.21. The van der Waals surface area contributed by atoms with Crippen molar-refractivity contribution < 1.29 is 13.2 Å². The van der Waals surface area contributed by atoms with Crippen molar-refractivity contribution in [3.8, 4) is 5.75 Å². The molecule has 0 bridgehead atoms. The lowest BCUT2D eigenvalue weighted by atomic mass is 9.86. The second kappa shape index (κ2) is 7.77. The summed E-state index contributed by atoms with van der Waals surface area (Å²) in [7, 11) is -2.41. The lowest BCUT2D eigenvalue weighted by Crippen LogP contribution is -2.27. The smallest absolute Gasteiger partial charge is 0.242 e. The Balaban J connectivity index is 2.28. The molecule has 2 rings (SSSR count). The van der Waals surface area contributed by atoms with Gasteiger partial charge in [-0.3, -0.25) is 0 Å². The van der Waals surface area contributed by atoms with E-state index >= 15 is 0 Å². The van der Waals surface area contributed by atoms with Crippen LogP contribution >= 0.6 is 23.2 Å². The lowest BCUT2D eigenvalue weighted by molar-refractivity contribution is 0.414. The minimum atomic E-state index is -3.85. The fourth-order valence-electron chi connectivity index (χ4n) is 2.52. The number of halogens is 2. The van der Waals surface area contributed by atoms with Gasteiger partial charge in [-0.25, -0.2) is 13.1 Å². The van der Waals surface area contributed by atoms with Crippen LogP contribution in [0.15, 0.2) is 41.3 Å². The van der Waals surface area contributed by atoms with E-state index in [4.69, 9.17) is 27.9 Å². The summed E-state index contributed by atoms with van der Waals surface area (Å²) in [5, 5.41) is 0.00743. The molecule has 0 aromatic heterocycles. The summed E-state index contributed by atoms with van der Waals surface area (Å²) in [6, 6.07) is 10.3. The molecule has 0 aliphatic heterocycles. The topological polar surface area (TPSA) is 55.4 Å². The molecular formula is C19H23Cl2NO3S. The van der Waals surface area contributed by atoms with E-state index in [1.54, 1.807) is 6.92 Å². The van der Waals surface area contributed by atoms with E-state index in [1.807, 2.05) is 24.3 Å². The molecule has 4 nitrogen and oxygen atoms in total. The summed E-state index contributed by atoms with van der Waals surface area (Å²) in [5.41, 5.74) is 2.08. The molecule has 0 spiro atoms. The molecule has 7 heteroatoms. The first kappa shape index (κ1) is 21.0. The van der Waals surface area contributed by atoms with E-state index < -0.39 is 16.1 Å². The van der Waals surface area contributed by atoms with Crippen LogP contribution < -0.4 is 9.46 Å². The number of hydrogen-bond acceptors (Lipinski definition) is 3. The predicted octanol–water partition coefficient (Wildman–Crippen LogP) is 5.34. The maximum atomic E-state index is 12.7. The van der Waals surface area contributed by atoms with Crippen LogP contribution in [0.1, 0.15) is 44.9 Å². The summed E-state index contributed by atoms with van der Waals surface area (Å²) in [6.45, 7) is 8.17. The molecule has 0 heterocycles. The van der Waals surface area contributed by atoms with Crippen LogP contribution in [-0.2, 0) is 15.4 Å². The monoisotopic (exact) mass is 415 g/mol. The van der Waals surface area contributed by atoms with Crippen molar-refractivity contribution in [1.29, 1.82) is 0 Å². The molecule has 142 valence electrons. The largest absolute Gasteiger partial charge is 0.495 e. The highest BCUT2D eigenvalue weighted by Gasteiger charge is 2.24. The van der Waals surface area contributed by atoms with Gasteiger partial charge < -0.3 is 4.74 Å². The molecule has 0 radical (unpaired) electrons. The van der Waals surface area contributed by atoms with Crippen LogP contribution in [0.2, 0.25) is 10.0 Å². The van der Waals surface area contributed by atoms with Crippen molar-refractivity contribution in [3.05, 3.63) is 57.6 Å². The zero-order valence-corrected chi connectivity index (χ0v) is 17.8. The molecule has 0 aliphatic rings. The molecule has 26 heavy (non-hydrogen) atoms. The second-order valence-corrected chi connectivity index (χ2v) is 9.55. The third kappa shape index (κ3) is 4.52. The summed E-state index contributed by atoms with van der Waals surface area (Å²) >= 11 is 12.2. The quantitative estimate of drug-likeness (QED) is 0.716. The van der Waals surface area contributed by atoms with Gasteiger partial charge in [0.15, 0.2) is 0 Å². The third-order valence-corrected chi connectivity index (χ3v) is 6.69. The van der Waals surface area contributed by atoms with Crippen LogP contribution in [0.25, 0.3) is 0 Å². The van der Waals surface area contributed by atoms with Gasteiger partial charge in [0.2, 0.25) is 10.0 Å². The van der Waals surface area contributed by atoms with Crippen molar-refractivity contribution in [2.75, 3.05) is 7.11 Å². The summed E-state index contributed by atoms with van der Waals surface area (Å²) in [6.07, 6.45) is 0. The number of sulfonamides is 1. The highest BCUT2D eigenvalue weighted by molar-refractivity contribution is 7.89. The molecule has 1 unspecified atom stereocenters. The Morgan fingerprint density at radius 2 is 1.58 bits per heavy atom. The molecular weight excluding hydrogens is 393 g/mol. The molecule has 0 fully saturated rings. The normalized spacial score (nSPS) is 13.5. The Morgan fingerprint density at radius 1 is 1.00 bits per heavy atom. The predicted molar refractivity (Wildman–Crippen MR) is 107 cm³/mol. The Bertz CT molecular complexity index is 888. The van der Waals surface area contributed by atoms with Gasteiger partial charge in [0, 0.05) is 6.04 Å². The van der Waals surface area contributed by atoms with Gasteiger partial charge in [-0.1, -0.05) is 68.2 Å². The minimum Gasteiger partial charge on any atom is -0.495 e. The zero-order chi connectivity index (χ0) is 19.7. The fraction of sp³-hybridized carbons (Fsp3) is 0.368. The maximum Gasteiger partial charge on any atom is 0.242 e. The van der Waals surface area contributed by atoms with Gasteiger partial charge in [0.05, 0.1) is 12.1 Å². The number of nitrogens with one attached hydrogen (secondary N) is 1. The van der Waals surface area contributed by atoms with E-state index in [2.05, 4.69) is 25.5 Å². The van der Waals surface area contributed by atoms with E-state index in [0.29, 0.717) is 5.75 Å². The van der Waals surface area contributed by atoms with Crippen molar-refractivity contribution in [3.63, 3.8) is 0 Å². The molecule has 0 saturated carbocycles. The van der Waals surface area contributed by atoms with E-state index in [-0.39, 0.29) is 20.4 Å².